The normalized spacial score (nSPS) is 14.8. The van der Waals surface area contributed by atoms with Crippen molar-refractivity contribution in [1.82, 2.24) is 10.2 Å². The van der Waals surface area contributed by atoms with E-state index in [-0.39, 0.29) is 17.9 Å². The minimum Gasteiger partial charge on any atom is -0.352 e. The molecular formula is C29H33ClN2O2. The first-order valence-electron chi connectivity index (χ1n) is 12.4. The molecule has 1 fully saturated rings. The Hall–Kier alpha value is -2.85. The Morgan fingerprint density at radius 1 is 0.971 bits per heavy atom. The standard InChI is InChI=1S/C29H33ClN2O2/c1-2-27(29(34)31-24-14-5-6-15-24)32(20-23-11-4-8-17-26(23)30)28(33)19-18-22-13-9-12-21-10-3-7-16-25(21)22/h3-4,7-13,16-17,24,27H,2,5-6,14-15,18-20H2,1H3,(H,31,34)/t27-/m0/s1. The highest BCUT2D eigenvalue weighted by Crippen LogP contribution is 2.24. The van der Waals surface area contributed by atoms with E-state index in [2.05, 4.69) is 29.6 Å². The maximum absolute atomic E-state index is 13.6. The molecule has 1 N–H and O–H groups in total. The molecule has 178 valence electrons. The maximum Gasteiger partial charge on any atom is 0.243 e. The molecule has 0 saturated heterocycles. The third-order valence-corrected chi connectivity index (χ3v) is 7.24. The van der Waals surface area contributed by atoms with Crippen LogP contribution < -0.4 is 5.32 Å². The van der Waals surface area contributed by atoms with Crippen LogP contribution in [0.2, 0.25) is 5.02 Å². The Labute approximate surface area is 207 Å². The van der Waals surface area contributed by atoms with Gasteiger partial charge in [0.2, 0.25) is 11.8 Å². The van der Waals surface area contributed by atoms with Gasteiger partial charge in [0.25, 0.3) is 0 Å². The van der Waals surface area contributed by atoms with E-state index in [1.807, 2.05) is 49.4 Å². The third kappa shape index (κ3) is 5.79. The number of nitrogens with zero attached hydrogens (tertiary/aromatic N) is 1. The van der Waals surface area contributed by atoms with Gasteiger partial charge in [0.15, 0.2) is 0 Å². The van der Waals surface area contributed by atoms with E-state index < -0.39 is 6.04 Å². The molecule has 0 bridgehead atoms. The van der Waals surface area contributed by atoms with E-state index in [9.17, 15) is 9.59 Å². The van der Waals surface area contributed by atoms with Crippen LogP contribution in [0.15, 0.2) is 66.7 Å². The average Bonchev–Trinajstić information content (AvgIpc) is 3.36. The van der Waals surface area contributed by atoms with Gasteiger partial charge < -0.3 is 10.2 Å². The molecule has 0 aliphatic heterocycles. The van der Waals surface area contributed by atoms with Crippen LogP contribution in [0.5, 0.6) is 0 Å². The predicted molar refractivity (Wildman–Crippen MR) is 139 cm³/mol. The monoisotopic (exact) mass is 476 g/mol. The number of carbonyl (C=O) groups excluding carboxylic acids is 2. The largest absolute Gasteiger partial charge is 0.352 e. The van der Waals surface area contributed by atoms with Crippen LogP contribution in [0, 0.1) is 0 Å². The lowest BCUT2D eigenvalue weighted by Gasteiger charge is -2.32. The molecule has 1 aliphatic rings. The molecular weight excluding hydrogens is 444 g/mol. The summed E-state index contributed by atoms with van der Waals surface area (Å²) in [6.45, 7) is 2.29. The lowest BCUT2D eigenvalue weighted by molar-refractivity contribution is -0.141. The number of halogens is 1. The number of rotatable bonds is 9. The topological polar surface area (TPSA) is 49.4 Å². The highest BCUT2D eigenvalue weighted by molar-refractivity contribution is 6.31. The first-order chi connectivity index (χ1) is 16.6. The van der Waals surface area contributed by atoms with Gasteiger partial charge in [-0.1, -0.05) is 92.0 Å². The summed E-state index contributed by atoms with van der Waals surface area (Å²) in [6, 6.07) is 21.7. The fourth-order valence-corrected chi connectivity index (χ4v) is 5.19. The van der Waals surface area contributed by atoms with Crippen molar-refractivity contribution in [3.05, 3.63) is 82.9 Å². The Balaban J connectivity index is 1.55. The first-order valence-corrected chi connectivity index (χ1v) is 12.7. The van der Waals surface area contributed by atoms with Gasteiger partial charge in [-0.3, -0.25) is 9.59 Å². The zero-order valence-corrected chi connectivity index (χ0v) is 20.6. The number of fused-ring (bicyclic) bond motifs is 1. The number of aryl methyl sites for hydroxylation is 1. The van der Waals surface area contributed by atoms with Crippen LogP contribution in [-0.4, -0.2) is 28.8 Å². The lowest BCUT2D eigenvalue weighted by atomic mass is 10.00. The molecule has 5 heteroatoms. The van der Waals surface area contributed by atoms with Crippen molar-refractivity contribution < 1.29 is 9.59 Å². The Morgan fingerprint density at radius 3 is 2.41 bits per heavy atom. The van der Waals surface area contributed by atoms with Crippen molar-refractivity contribution in [2.24, 2.45) is 0 Å². The molecule has 0 unspecified atom stereocenters. The molecule has 34 heavy (non-hydrogen) atoms. The van der Waals surface area contributed by atoms with E-state index in [1.54, 1.807) is 4.90 Å². The molecule has 1 saturated carbocycles. The quantitative estimate of drug-likeness (QED) is 0.394. The molecule has 3 aromatic rings. The summed E-state index contributed by atoms with van der Waals surface area (Å²) in [5.41, 5.74) is 2.00. The van der Waals surface area contributed by atoms with E-state index in [4.69, 9.17) is 11.6 Å². The Bertz CT molecular complexity index is 1130. The first kappa shape index (κ1) is 24.3. The van der Waals surface area contributed by atoms with Crippen LogP contribution in [0.25, 0.3) is 10.8 Å². The van der Waals surface area contributed by atoms with Gasteiger partial charge in [0.05, 0.1) is 0 Å². The van der Waals surface area contributed by atoms with Crippen molar-refractivity contribution in [3.8, 4) is 0 Å². The van der Waals surface area contributed by atoms with Gasteiger partial charge in [-0.15, -0.1) is 0 Å². The van der Waals surface area contributed by atoms with Gasteiger partial charge in [-0.25, -0.2) is 0 Å². The summed E-state index contributed by atoms with van der Waals surface area (Å²) in [6.07, 6.45) is 5.85. The Kier molecular flexibility index (Phi) is 8.23. The minimum atomic E-state index is -0.517. The number of hydrogen-bond acceptors (Lipinski definition) is 2. The zero-order chi connectivity index (χ0) is 23.9. The highest BCUT2D eigenvalue weighted by atomic mass is 35.5. The smallest absolute Gasteiger partial charge is 0.243 e. The summed E-state index contributed by atoms with van der Waals surface area (Å²) < 4.78 is 0. The summed E-state index contributed by atoms with van der Waals surface area (Å²) >= 11 is 6.44. The molecule has 2 amide bonds. The molecule has 0 heterocycles. The number of amides is 2. The van der Waals surface area contributed by atoms with Gasteiger partial charge in [0, 0.05) is 24.0 Å². The fraction of sp³-hybridized carbons (Fsp3) is 0.379. The summed E-state index contributed by atoms with van der Waals surface area (Å²) in [5.74, 6) is -0.0822. The van der Waals surface area contributed by atoms with E-state index in [0.717, 1.165) is 36.8 Å². The maximum atomic E-state index is 13.6. The molecule has 1 atom stereocenters. The highest BCUT2D eigenvalue weighted by Gasteiger charge is 2.30. The molecule has 1 aliphatic carbocycles. The molecule has 0 spiro atoms. The van der Waals surface area contributed by atoms with Crippen molar-refractivity contribution in [2.45, 2.75) is 70.5 Å². The zero-order valence-electron chi connectivity index (χ0n) is 19.8. The van der Waals surface area contributed by atoms with Crippen LogP contribution in [0.4, 0.5) is 0 Å². The second-order valence-electron chi connectivity index (χ2n) is 9.17. The van der Waals surface area contributed by atoms with Crippen molar-refractivity contribution in [2.75, 3.05) is 0 Å². The van der Waals surface area contributed by atoms with Crippen molar-refractivity contribution in [3.63, 3.8) is 0 Å². The molecule has 0 radical (unpaired) electrons. The van der Waals surface area contributed by atoms with Gasteiger partial charge >= 0.3 is 0 Å². The van der Waals surface area contributed by atoms with Crippen molar-refractivity contribution >= 4 is 34.2 Å². The molecule has 4 rings (SSSR count). The molecule has 0 aromatic heterocycles. The second-order valence-corrected chi connectivity index (χ2v) is 9.57. The average molecular weight is 477 g/mol. The Morgan fingerprint density at radius 2 is 1.65 bits per heavy atom. The van der Waals surface area contributed by atoms with Crippen LogP contribution in [0.1, 0.15) is 56.6 Å². The number of nitrogens with one attached hydrogen (secondary N) is 1. The fourth-order valence-electron chi connectivity index (χ4n) is 4.99. The van der Waals surface area contributed by atoms with Crippen LogP contribution in [0.3, 0.4) is 0 Å². The number of benzene rings is 3. The minimum absolute atomic E-state index is 0.0266. The van der Waals surface area contributed by atoms with E-state index >= 15 is 0 Å². The van der Waals surface area contributed by atoms with Gasteiger partial charge in [-0.2, -0.15) is 0 Å². The molecule has 3 aromatic carbocycles. The summed E-state index contributed by atoms with van der Waals surface area (Å²) in [7, 11) is 0. The van der Waals surface area contributed by atoms with Gasteiger partial charge in [-0.05, 0) is 53.6 Å². The predicted octanol–water partition coefficient (Wildman–Crippen LogP) is 6.29. The van der Waals surface area contributed by atoms with Crippen LogP contribution in [-0.2, 0) is 22.6 Å². The van der Waals surface area contributed by atoms with Gasteiger partial charge in [0.1, 0.15) is 6.04 Å². The van der Waals surface area contributed by atoms with E-state index in [1.165, 1.54) is 10.8 Å². The lowest BCUT2D eigenvalue weighted by Crippen LogP contribution is -2.51. The van der Waals surface area contributed by atoms with Crippen molar-refractivity contribution in [1.29, 1.82) is 0 Å². The van der Waals surface area contributed by atoms with E-state index in [0.29, 0.717) is 30.8 Å². The second kappa shape index (κ2) is 11.5. The molecule has 4 nitrogen and oxygen atoms in total. The SMILES string of the molecule is CC[C@@H](C(=O)NC1CCCC1)N(Cc1ccccc1Cl)C(=O)CCc1cccc2ccccc12. The third-order valence-electron chi connectivity index (χ3n) is 6.87. The number of carbonyl (C=O) groups is 2. The van der Waals surface area contributed by atoms with Crippen LogP contribution >= 0.6 is 11.6 Å². The number of hydrogen-bond donors (Lipinski definition) is 1. The summed E-state index contributed by atoms with van der Waals surface area (Å²) in [5, 5.41) is 6.15. The summed E-state index contributed by atoms with van der Waals surface area (Å²) in [4.78, 5) is 28.6.